The first-order chi connectivity index (χ1) is 9.29. The van der Waals surface area contributed by atoms with Gasteiger partial charge in [-0.15, -0.1) is 11.6 Å². The lowest BCUT2D eigenvalue weighted by molar-refractivity contribution is 0.0528. The summed E-state index contributed by atoms with van der Waals surface area (Å²) in [5.41, 5.74) is 2.77. The Morgan fingerprint density at radius 2 is 1.74 bits per heavy atom. The van der Waals surface area contributed by atoms with Crippen LogP contribution in [0.4, 0.5) is 0 Å². The van der Waals surface area contributed by atoms with Crippen LogP contribution in [-0.2, 0) is 4.74 Å². The van der Waals surface area contributed by atoms with E-state index in [0.29, 0.717) is 11.4 Å². The van der Waals surface area contributed by atoms with Crippen molar-refractivity contribution in [3.63, 3.8) is 0 Å². The summed E-state index contributed by atoms with van der Waals surface area (Å²) in [6, 6.07) is 8.26. The molecule has 0 saturated heterocycles. The van der Waals surface area contributed by atoms with Crippen LogP contribution in [0.3, 0.4) is 0 Å². The van der Waals surface area contributed by atoms with Crippen LogP contribution in [0.15, 0.2) is 43.0 Å². The van der Waals surface area contributed by atoms with E-state index in [9.17, 15) is 4.79 Å². The van der Waals surface area contributed by atoms with Crippen molar-refractivity contribution in [3.8, 4) is 0 Å². The molecule has 0 aliphatic carbocycles. The van der Waals surface area contributed by atoms with Gasteiger partial charge in [0.25, 0.3) is 0 Å². The van der Waals surface area contributed by atoms with Crippen LogP contribution < -0.4 is 0 Å². The molecule has 6 heteroatoms. The van der Waals surface area contributed by atoms with Crippen molar-refractivity contribution in [2.24, 2.45) is 0 Å². The normalized spacial score (nSPS) is 9.95. The fourth-order valence-corrected chi connectivity index (χ4v) is 1.50. The number of carbonyl (C=O) groups excluding carboxylic acids is 1. The predicted molar refractivity (Wildman–Crippen MR) is 72.5 cm³/mol. The van der Waals surface area contributed by atoms with Gasteiger partial charge < -0.3 is 9.72 Å². The maximum Gasteiger partial charge on any atom is 0.341 e. The largest absolute Gasteiger partial charge is 0.461 e. The minimum atomic E-state index is -0.448. The third-order valence-electron chi connectivity index (χ3n) is 2.28. The maximum absolute atomic E-state index is 11.0. The van der Waals surface area contributed by atoms with Crippen molar-refractivity contribution in [1.82, 2.24) is 15.0 Å². The molecule has 0 atom stereocenters. The second-order valence-electron chi connectivity index (χ2n) is 3.65. The van der Waals surface area contributed by atoms with E-state index in [0.717, 1.165) is 0 Å². The molecule has 0 amide bonds. The summed E-state index contributed by atoms with van der Waals surface area (Å²) in [6.45, 7) is 0.204. The zero-order valence-corrected chi connectivity index (χ0v) is 10.8. The third kappa shape index (κ3) is 3.93. The number of ether oxygens (including phenoxy) is 1. The number of carbonyl (C=O) groups is 1. The van der Waals surface area contributed by atoms with Gasteiger partial charge in [-0.2, -0.15) is 0 Å². The average Bonchev–Trinajstić information content (AvgIpc) is 3.11. The highest BCUT2D eigenvalue weighted by molar-refractivity contribution is 6.18. The van der Waals surface area contributed by atoms with E-state index in [1.165, 1.54) is 29.8 Å². The van der Waals surface area contributed by atoms with Crippen molar-refractivity contribution in [2.75, 3.05) is 12.5 Å². The zero-order valence-electron chi connectivity index (χ0n) is 10.0. The SMILES string of the molecule is O=C(OCCCl)c1cncnc1.c1cc2ccc1[nH]2. The van der Waals surface area contributed by atoms with Gasteiger partial charge in [0, 0.05) is 23.4 Å². The summed E-state index contributed by atoms with van der Waals surface area (Å²) in [7, 11) is 0. The minimum Gasteiger partial charge on any atom is -0.461 e. The fraction of sp³-hybridized carbons (Fsp3) is 0.154. The van der Waals surface area contributed by atoms with E-state index in [4.69, 9.17) is 16.3 Å². The highest BCUT2D eigenvalue weighted by atomic mass is 35.5. The van der Waals surface area contributed by atoms with Gasteiger partial charge in [0.2, 0.25) is 0 Å². The van der Waals surface area contributed by atoms with Gasteiger partial charge in [-0.3, -0.25) is 0 Å². The van der Waals surface area contributed by atoms with Crippen LogP contribution in [0, 0.1) is 0 Å². The van der Waals surface area contributed by atoms with E-state index in [2.05, 4.69) is 39.2 Å². The summed E-state index contributed by atoms with van der Waals surface area (Å²) in [4.78, 5) is 21.5. The van der Waals surface area contributed by atoms with Gasteiger partial charge in [0.15, 0.2) is 0 Å². The van der Waals surface area contributed by atoms with Gasteiger partial charge in [-0.1, -0.05) is 0 Å². The molecule has 1 N–H and O–H groups in total. The molecule has 3 aromatic heterocycles. The van der Waals surface area contributed by atoms with E-state index in [1.54, 1.807) is 0 Å². The van der Waals surface area contributed by atoms with E-state index in [-0.39, 0.29) is 6.61 Å². The number of halogens is 1. The van der Waals surface area contributed by atoms with Crippen LogP contribution >= 0.6 is 11.6 Å². The first-order valence-corrected chi connectivity index (χ1v) is 6.18. The van der Waals surface area contributed by atoms with Crippen LogP contribution in [0.25, 0.3) is 11.0 Å². The topological polar surface area (TPSA) is 67.9 Å². The molecule has 98 valence electrons. The Labute approximate surface area is 114 Å². The lowest BCUT2D eigenvalue weighted by Crippen LogP contribution is -2.07. The number of esters is 1. The van der Waals surface area contributed by atoms with Crippen molar-refractivity contribution in [3.05, 3.63) is 48.5 Å². The minimum absolute atomic E-state index is 0.204. The average molecular weight is 278 g/mol. The summed E-state index contributed by atoms with van der Waals surface area (Å²) in [6.07, 6.45) is 4.13. The third-order valence-corrected chi connectivity index (χ3v) is 2.43. The van der Waals surface area contributed by atoms with Crippen LogP contribution in [0.1, 0.15) is 10.4 Å². The van der Waals surface area contributed by atoms with E-state index >= 15 is 0 Å². The molecule has 0 fully saturated rings. The smallest absolute Gasteiger partial charge is 0.341 e. The van der Waals surface area contributed by atoms with Gasteiger partial charge in [0.05, 0.1) is 11.4 Å². The molecule has 0 saturated carbocycles. The monoisotopic (exact) mass is 277 g/mol. The van der Waals surface area contributed by atoms with Gasteiger partial charge in [-0.05, 0) is 24.3 Å². The highest BCUT2D eigenvalue weighted by Gasteiger charge is 2.05. The number of fused-ring (bicyclic) bond motifs is 2. The van der Waals surface area contributed by atoms with Crippen molar-refractivity contribution in [1.29, 1.82) is 0 Å². The number of benzene rings is 1. The van der Waals surface area contributed by atoms with E-state index < -0.39 is 5.97 Å². The molecular weight excluding hydrogens is 266 g/mol. The molecule has 0 aromatic carbocycles. The quantitative estimate of drug-likeness (QED) is 0.590. The molecule has 2 bridgehead atoms. The molecule has 3 heterocycles. The number of aromatic amines is 1. The number of nitrogens with one attached hydrogen (secondary N) is 1. The molecule has 3 aromatic rings. The van der Waals surface area contributed by atoms with Gasteiger partial charge in [0.1, 0.15) is 12.9 Å². The Morgan fingerprint density at radius 1 is 1.16 bits per heavy atom. The summed E-state index contributed by atoms with van der Waals surface area (Å²) in [5.74, 6) is -0.157. The van der Waals surface area contributed by atoms with Crippen LogP contribution in [-0.4, -0.2) is 33.4 Å². The second-order valence-corrected chi connectivity index (χ2v) is 4.03. The number of hydrogen-bond donors (Lipinski definition) is 1. The van der Waals surface area contributed by atoms with Gasteiger partial charge >= 0.3 is 5.97 Å². The first-order valence-electron chi connectivity index (χ1n) is 5.65. The summed E-state index contributed by atoms with van der Waals surface area (Å²) in [5, 5.41) is 0. The molecule has 0 radical (unpaired) electrons. The number of hydrogen-bond acceptors (Lipinski definition) is 4. The number of aromatic nitrogens is 3. The Kier molecular flexibility index (Phi) is 4.69. The van der Waals surface area contributed by atoms with Crippen molar-refractivity contribution >= 4 is 28.6 Å². The van der Waals surface area contributed by atoms with Crippen LogP contribution in [0.2, 0.25) is 0 Å². The summed E-state index contributed by atoms with van der Waals surface area (Å²) < 4.78 is 4.73. The van der Waals surface area contributed by atoms with Gasteiger partial charge in [-0.25, -0.2) is 14.8 Å². The number of H-pyrrole nitrogens is 1. The molecule has 0 spiro atoms. The molecule has 5 nitrogen and oxygen atoms in total. The standard InChI is InChI=1S/C7H7ClN2O2.C6H5N/c8-1-2-12-7(11)6-3-9-5-10-4-6;1-2-6-4-3-5(1)7-6/h3-5H,1-2H2;1-4,7H. The first kappa shape index (κ1) is 13.3. The predicted octanol–water partition coefficient (Wildman–Crippen LogP) is 2.48. The molecule has 3 rings (SSSR count). The number of nitrogens with zero attached hydrogens (tertiary/aromatic N) is 2. The lowest BCUT2D eigenvalue weighted by Gasteiger charge is -1.99. The Balaban J connectivity index is 0.000000159. The Bertz CT molecular complexity index is 567. The molecule has 19 heavy (non-hydrogen) atoms. The number of alkyl halides is 1. The maximum atomic E-state index is 11.0. The van der Waals surface area contributed by atoms with Crippen molar-refractivity contribution < 1.29 is 9.53 Å². The van der Waals surface area contributed by atoms with Crippen LogP contribution in [0.5, 0.6) is 0 Å². The molecule has 0 aliphatic heterocycles. The van der Waals surface area contributed by atoms with Crippen molar-refractivity contribution in [2.45, 2.75) is 0 Å². The zero-order chi connectivity index (χ0) is 13.5. The Hall–Kier alpha value is -2.14. The molecular formula is C13H12ClN3O2. The Morgan fingerprint density at radius 3 is 2.16 bits per heavy atom. The molecule has 0 aliphatic rings. The number of rotatable bonds is 3. The molecule has 0 unspecified atom stereocenters. The highest BCUT2D eigenvalue weighted by Crippen LogP contribution is 2.07. The fourth-order valence-electron chi connectivity index (χ4n) is 1.42. The summed E-state index contributed by atoms with van der Waals surface area (Å²) >= 11 is 5.32. The second kappa shape index (κ2) is 6.70. The lowest BCUT2D eigenvalue weighted by atomic mass is 10.3. The van der Waals surface area contributed by atoms with E-state index in [1.807, 2.05) is 0 Å².